The smallest absolute Gasteiger partial charge is 0.220 e. The zero-order chi connectivity index (χ0) is 18.4. The summed E-state index contributed by atoms with van der Waals surface area (Å²) in [6.45, 7) is 3.86. The van der Waals surface area contributed by atoms with Crippen molar-refractivity contribution in [3.63, 3.8) is 0 Å². The van der Waals surface area contributed by atoms with E-state index >= 15 is 0 Å². The van der Waals surface area contributed by atoms with Crippen LogP contribution in [0.2, 0.25) is 0 Å². The molecule has 26 heavy (non-hydrogen) atoms. The molecule has 7 nitrogen and oxygen atoms in total. The van der Waals surface area contributed by atoms with Crippen LogP contribution in [0, 0.1) is 0 Å². The number of ether oxygens (including phenoxy) is 1. The fourth-order valence-corrected chi connectivity index (χ4v) is 4.70. The van der Waals surface area contributed by atoms with Crippen LogP contribution >= 0.6 is 0 Å². The highest BCUT2D eigenvalue weighted by atomic mass is 16.5. The second-order valence-corrected chi connectivity index (χ2v) is 7.96. The summed E-state index contributed by atoms with van der Waals surface area (Å²) in [5.41, 5.74) is 0.247. The summed E-state index contributed by atoms with van der Waals surface area (Å²) in [6, 6.07) is 0.260. The van der Waals surface area contributed by atoms with Crippen LogP contribution in [0.3, 0.4) is 0 Å². The second kappa shape index (κ2) is 9.04. The SMILES string of the molecule is CN=C(NCC1(N2CCC(OC)CC2)CCCC1)NC1CCC(=O)NC1. The Morgan fingerprint density at radius 1 is 1.31 bits per heavy atom. The minimum atomic E-state index is 0.148. The largest absolute Gasteiger partial charge is 0.381 e. The molecule has 1 saturated carbocycles. The van der Waals surface area contributed by atoms with E-state index in [9.17, 15) is 4.79 Å². The summed E-state index contributed by atoms with van der Waals surface area (Å²) in [7, 11) is 3.65. The van der Waals surface area contributed by atoms with Gasteiger partial charge in [-0.2, -0.15) is 0 Å². The summed E-state index contributed by atoms with van der Waals surface area (Å²) in [5.74, 6) is 1.000. The Balaban J connectivity index is 1.53. The molecule has 7 heteroatoms. The topological polar surface area (TPSA) is 78.0 Å². The van der Waals surface area contributed by atoms with Crippen LogP contribution in [-0.2, 0) is 9.53 Å². The maximum absolute atomic E-state index is 11.3. The Labute approximate surface area is 157 Å². The summed E-state index contributed by atoms with van der Waals surface area (Å²) in [6.07, 6.45) is 9.28. The average Bonchev–Trinajstić information content (AvgIpc) is 3.17. The van der Waals surface area contributed by atoms with Gasteiger partial charge in [-0.25, -0.2) is 0 Å². The fourth-order valence-electron chi connectivity index (χ4n) is 4.70. The molecular formula is C19H35N5O2. The molecule has 1 aliphatic carbocycles. The molecule has 3 fully saturated rings. The van der Waals surface area contributed by atoms with Gasteiger partial charge in [-0.15, -0.1) is 0 Å². The highest BCUT2D eigenvalue weighted by Gasteiger charge is 2.41. The van der Waals surface area contributed by atoms with Crippen molar-refractivity contribution in [3.8, 4) is 0 Å². The van der Waals surface area contributed by atoms with Crippen LogP contribution in [0.15, 0.2) is 4.99 Å². The van der Waals surface area contributed by atoms with E-state index in [2.05, 4.69) is 25.8 Å². The molecule has 0 aromatic rings. The molecule has 3 N–H and O–H groups in total. The first kappa shape index (κ1) is 19.4. The summed E-state index contributed by atoms with van der Waals surface area (Å²) >= 11 is 0. The number of likely N-dealkylation sites (tertiary alicyclic amines) is 1. The number of carbonyl (C=O) groups is 1. The van der Waals surface area contributed by atoms with E-state index in [0.717, 1.165) is 44.9 Å². The van der Waals surface area contributed by atoms with Gasteiger partial charge in [0.1, 0.15) is 0 Å². The Kier molecular flexibility index (Phi) is 6.75. The molecule has 0 bridgehead atoms. The first-order chi connectivity index (χ1) is 12.6. The number of hydrogen-bond donors (Lipinski definition) is 3. The van der Waals surface area contributed by atoms with E-state index in [-0.39, 0.29) is 17.5 Å². The molecule has 1 atom stereocenters. The van der Waals surface area contributed by atoms with Crippen molar-refractivity contribution >= 4 is 11.9 Å². The van der Waals surface area contributed by atoms with Crippen LogP contribution in [0.1, 0.15) is 51.4 Å². The quantitative estimate of drug-likeness (QED) is 0.497. The molecular weight excluding hydrogens is 330 g/mol. The van der Waals surface area contributed by atoms with Gasteiger partial charge in [-0.05, 0) is 32.1 Å². The third-order valence-electron chi connectivity index (χ3n) is 6.40. The van der Waals surface area contributed by atoms with Gasteiger partial charge in [0.05, 0.1) is 6.10 Å². The summed E-state index contributed by atoms with van der Waals surface area (Å²) in [4.78, 5) is 18.4. The number of carbonyl (C=O) groups excluding carboxylic acids is 1. The van der Waals surface area contributed by atoms with Crippen molar-refractivity contribution in [3.05, 3.63) is 0 Å². The van der Waals surface area contributed by atoms with Crippen molar-refractivity contribution in [2.75, 3.05) is 40.3 Å². The first-order valence-corrected chi connectivity index (χ1v) is 10.2. The number of nitrogens with one attached hydrogen (secondary N) is 3. The predicted molar refractivity (Wildman–Crippen MR) is 103 cm³/mol. The molecule has 3 rings (SSSR count). The van der Waals surface area contributed by atoms with Crippen LogP contribution in [0.4, 0.5) is 0 Å². The standard InChI is InChI=1S/C19H35N5O2/c1-20-18(23-15-5-6-17(25)21-13-15)22-14-19(9-3-4-10-19)24-11-7-16(26-2)8-12-24/h15-16H,3-14H2,1-2H3,(H,21,25)(H2,20,22,23). The zero-order valence-electron chi connectivity index (χ0n) is 16.4. The summed E-state index contributed by atoms with van der Waals surface area (Å²) in [5, 5.41) is 9.98. The van der Waals surface area contributed by atoms with Gasteiger partial charge in [0.2, 0.25) is 5.91 Å². The van der Waals surface area contributed by atoms with Crippen molar-refractivity contribution in [2.24, 2.45) is 4.99 Å². The number of aliphatic imine (C=N–C) groups is 1. The molecule has 3 aliphatic rings. The second-order valence-electron chi connectivity index (χ2n) is 7.96. The van der Waals surface area contributed by atoms with Gasteiger partial charge in [-0.3, -0.25) is 14.7 Å². The molecule has 0 radical (unpaired) electrons. The van der Waals surface area contributed by atoms with Gasteiger partial charge < -0.3 is 20.7 Å². The minimum Gasteiger partial charge on any atom is -0.381 e. The third kappa shape index (κ3) is 4.68. The number of hydrogen-bond acceptors (Lipinski definition) is 4. The monoisotopic (exact) mass is 365 g/mol. The van der Waals surface area contributed by atoms with Crippen LogP contribution < -0.4 is 16.0 Å². The van der Waals surface area contributed by atoms with Gasteiger partial charge in [0.25, 0.3) is 0 Å². The van der Waals surface area contributed by atoms with Crippen molar-refractivity contribution in [1.82, 2.24) is 20.9 Å². The molecule has 2 aliphatic heterocycles. The maximum Gasteiger partial charge on any atom is 0.220 e. The Hall–Kier alpha value is -1.34. The van der Waals surface area contributed by atoms with Crippen LogP contribution in [-0.4, -0.2) is 74.8 Å². The van der Waals surface area contributed by atoms with Crippen molar-refractivity contribution < 1.29 is 9.53 Å². The number of guanidine groups is 1. The number of nitrogens with zero attached hydrogens (tertiary/aromatic N) is 2. The van der Waals surface area contributed by atoms with Crippen molar-refractivity contribution in [1.29, 1.82) is 0 Å². The zero-order valence-corrected chi connectivity index (χ0v) is 16.4. The maximum atomic E-state index is 11.3. The summed E-state index contributed by atoms with van der Waals surface area (Å²) < 4.78 is 5.54. The number of amides is 1. The van der Waals surface area contributed by atoms with Crippen LogP contribution in [0.25, 0.3) is 0 Å². The molecule has 1 amide bonds. The first-order valence-electron chi connectivity index (χ1n) is 10.2. The molecule has 1 unspecified atom stereocenters. The lowest BCUT2D eigenvalue weighted by molar-refractivity contribution is -0.122. The minimum absolute atomic E-state index is 0.148. The van der Waals surface area contributed by atoms with E-state index in [1.807, 2.05) is 14.2 Å². The van der Waals surface area contributed by atoms with Crippen molar-refractivity contribution in [2.45, 2.75) is 69.1 Å². The molecule has 0 aromatic heterocycles. The van der Waals surface area contributed by atoms with E-state index in [1.54, 1.807) is 0 Å². The third-order valence-corrected chi connectivity index (χ3v) is 6.40. The lowest BCUT2D eigenvalue weighted by atomic mass is 9.91. The Bertz CT molecular complexity index is 486. The molecule has 2 heterocycles. The lowest BCUT2D eigenvalue weighted by Crippen LogP contribution is -2.59. The molecule has 148 valence electrons. The van der Waals surface area contributed by atoms with Gasteiger partial charge >= 0.3 is 0 Å². The van der Waals surface area contributed by atoms with Gasteiger partial charge in [0, 0.05) is 58.3 Å². The fraction of sp³-hybridized carbons (Fsp3) is 0.895. The Morgan fingerprint density at radius 2 is 2.04 bits per heavy atom. The Morgan fingerprint density at radius 3 is 2.62 bits per heavy atom. The van der Waals surface area contributed by atoms with Gasteiger partial charge in [-0.1, -0.05) is 12.8 Å². The van der Waals surface area contributed by atoms with Gasteiger partial charge in [0.15, 0.2) is 5.96 Å². The van der Waals surface area contributed by atoms with E-state index in [0.29, 0.717) is 19.1 Å². The van der Waals surface area contributed by atoms with Crippen LogP contribution in [0.5, 0.6) is 0 Å². The van der Waals surface area contributed by atoms with E-state index in [1.165, 1.54) is 25.7 Å². The normalized spacial score (nSPS) is 28.0. The number of methoxy groups -OCH3 is 1. The molecule has 0 spiro atoms. The van der Waals surface area contributed by atoms with E-state index in [4.69, 9.17) is 4.74 Å². The number of piperidine rings is 2. The average molecular weight is 366 g/mol. The highest BCUT2D eigenvalue weighted by molar-refractivity contribution is 5.81. The lowest BCUT2D eigenvalue weighted by Gasteiger charge is -2.45. The molecule has 0 aromatic carbocycles. The molecule has 2 saturated heterocycles. The van der Waals surface area contributed by atoms with E-state index < -0.39 is 0 Å². The predicted octanol–water partition coefficient (Wildman–Crippen LogP) is 0.854. The highest BCUT2D eigenvalue weighted by Crippen LogP contribution is 2.36. The number of rotatable bonds is 5.